The Hall–Kier alpha value is -1.71. The van der Waals surface area contributed by atoms with Crippen molar-refractivity contribution in [1.82, 2.24) is 0 Å². The lowest BCUT2D eigenvalue weighted by molar-refractivity contribution is 0.276. The predicted molar refractivity (Wildman–Crippen MR) is 73.0 cm³/mol. The molecule has 2 aromatic carbocycles. The van der Waals surface area contributed by atoms with Crippen LogP contribution in [0.2, 0.25) is 5.02 Å². The number of para-hydroxylation sites is 1. The van der Waals surface area contributed by atoms with Gasteiger partial charge < -0.3 is 15.5 Å². The largest absolute Gasteiger partial charge is 0.506 e. The summed E-state index contributed by atoms with van der Waals surface area (Å²) in [6.45, 7) is -0.0595. The Bertz CT molecular complexity index is 516. The van der Waals surface area contributed by atoms with Crippen LogP contribution in [0.1, 0.15) is 11.6 Å². The highest BCUT2D eigenvalue weighted by molar-refractivity contribution is 6.32. The number of hydrogen-bond acceptors (Lipinski definition) is 3. The molecule has 1 atom stereocenters. The normalized spacial score (nSPS) is 12.1. The number of rotatable bonds is 4. The zero-order valence-corrected chi connectivity index (χ0v) is 10.4. The fourth-order valence-electron chi connectivity index (χ4n) is 1.71. The van der Waals surface area contributed by atoms with Crippen LogP contribution in [0, 0.1) is 0 Å². The van der Waals surface area contributed by atoms with Gasteiger partial charge in [0.25, 0.3) is 0 Å². The lowest BCUT2D eigenvalue weighted by Gasteiger charge is -2.18. The first-order chi connectivity index (χ1) is 8.70. The number of anilines is 1. The molecule has 3 nitrogen and oxygen atoms in total. The van der Waals surface area contributed by atoms with Crippen LogP contribution in [0.4, 0.5) is 5.69 Å². The van der Waals surface area contributed by atoms with Crippen LogP contribution >= 0.6 is 11.6 Å². The number of aliphatic hydroxyl groups is 1. The molecule has 0 radical (unpaired) electrons. The summed E-state index contributed by atoms with van der Waals surface area (Å²) in [7, 11) is 0. The summed E-state index contributed by atoms with van der Waals surface area (Å²) in [5.41, 5.74) is 1.74. The van der Waals surface area contributed by atoms with E-state index in [4.69, 9.17) is 11.6 Å². The molecule has 18 heavy (non-hydrogen) atoms. The molecular formula is C14H14ClNO2. The molecule has 2 aromatic rings. The molecule has 0 bridgehead atoms. The monoisotopic (exact) mass is 263 g/mol. The highest BCUT2D eigenvalue weighted by atomic mass is 35.5. The summed E-state index contributed by atoms with van der Waals surface area (Å²) >= 11 is 5.86. The van der Waals surface area contributed by atoms with E-state index in [0.29, 0.717) is 0 Å². The first-order valence-electron chi connectivity index (χ1n) is 5.61. The van der Waals surface area contributed by atoms with Crippen molar-refractivity contribution >= 4 is 17.3 Å². The third kappa shape index (κ3) is 2.94. The van der Waals surface area contributed by atoms with E-state index in [0.717, 1.165) is 11.3 Å². The molecule has 0 amide bonds. The second-order valence-electron chi connectivity index (χ2n) is 3.96. The minimum Gasteiger partial charge on any atom is -0.506 e. The minimum atomic E-state index is -0.259. The van der Waals surface area contributed by atoms with Gasteiger partial charge in [-0.05, 0) is 29.8 Å². The van der Waals surface area contributed by atoms with E-state index in [1.54, 1.807) is 12.1 Å². The molecule has 4 heteroatoms. The number of hydrogen-bond donors (Lipinski definition) is 3. The van der Waals surface area contributed by atoms with Crippen molar-refractivity contribution < 1.29 is 10.2 Å². The molecule has 0 heterocycles. The number of halogens is 1. The van der Waals surface area contributed by atoms with Gasteiger partial charge in [0, 0.05) is 5.69 Å². The van der Waals surface area contributed by atoms with E-state index in [2.05, 4.69) is 5.32 Å². The summed E-state index contributed by atoms with van der Waals surface area (Å²) in [6, 6.07) is 14.2. The van der Waals surface area contributed by atoms with E-state index in [1.165, 1.54) is 6.07 Å². The maximum Gasteiger partial charge on any atom is 0.134 e. The van der Waals surface area contributed by atoms with E-state index in [-0.39, 0.29) is 23.4 Å². The van der Waals surface area contributed by atoms with Crippen LogP contribution in [-0.4, -0.2) is 16.8 Å². The van der Waals surface area contributed by atoms with Crippen molar-refractivity contribution in [3.8, 4) is 5.75 Å². The van der Waals surface area contributed by atoms with Gasteiger partial charge in [-0.25, -0.2) is 0 Å². The van der Waals surface area contributed by atoms with Gasteiger partial charge in [0.15, 0.2) is 0 Å². The Balaban J connectivity index is 2.20. The van der Waals surface area contributed by atoms with E-state index < -0.39 is 0 Å². The highest BCUT2D eigenvalue weighted by Crippen LogP contribution is 2.28. The number of aromatic hydroxyl groups is 1. The smallest absolute Gasteiger partial charge is 0.134 e. The zero-order chi connectivity index (χ0) is 13.0. The Morgan fingerprint density at radius 2 is 1.83 bits per heavy atom. The minimum absolute atomic E-state index is 0.0387. The maximum absolute atomic E-state index is 9.43. The Morgan fingerprint density at radius 1 is 1.11 bits per heavy atom. The molecular weight excluding hydrogens is 250 g/mol. The van der Waals surface area contributed by atoms with Gasteiger partial charge >= 0.3 is 0 Å². The Labute approximate surface area is 111 Å². The second kappa shape index (κ2) is 5.76. The van der Waals surface area contributed by atoms with Gasteiger partial charge in [-0.1, -0.05) is 35.9 Å². The fraction of sp³-hybridized carbons (Fsp3) is 0.143. The zero-order valence-electron chi connectivity index (χ0n) is 9.68. The van der Waals surface area contributed by atoms with Crippen molar-refractivity contribution in [2.75, 3.05) is 11.9 Å². The molecule has 0 saturated heterocycles. The summed E-state index contributed by atoms with van der Waals surface area (Å²) in [6.07, 6.45) is 0. The Morgan fingerprint density at radius 3 is 2.44 bits per heavy atom. The van der Waals surface area contributed by atoms with Crippen molar-refractivity contribution in [2.24, 2.45) is 0 Å². The lowest BCUT2D eigenvalue weighted by atomic mass is 10.1. The van der Waals surface area contributed by atoms with Gasteiger partial charge in [0.1, 0.15) is 5.75 Å². The Kier molecular flexibility index (Phi) is 4.07. The van der Waals surface area contributed by atoms with Crippen molar-refractivity contribution in [3.63, 3.8) is 0 Å². The number of nitrogens with one attached hydrogen (secondary N) is 1. The van der Waals surface area contributed by atoms with Gasteiger partial charge in [-0.3, -0.25) is 0 Å². The van der Waals surface area contributed by atoms with Gasteiger partial charge in [0.2, 0.25) is 0 Å². The number of benzene rings is 2. The summed E-state index contributed by atoms with van der Waals surface area (Å²) < 4.78 is 0. The molecule has 2 rings (SSSR count). The average Bonchev–Trinajstić information content (AvgIpc) is 2.40. The summed E-state index contributed by atoms with van der Waals surface area (Å²) in [5.74, 6) is 0.0387. The predicted octanol–water partition coefficient (Wildman–Crippen LogP) is 3.19. The van der Waals surface area contributed by atoms with Crippen LogP contribution in [0.15, 0.2) is 48.5 Å². The highest BCUT2D eigenvalue weighted by Gasteiger charge is 2.11. The molecule has 0 aliphatic carbocycles. The third-order valence-electron chi connectivity index (χ3n) is 2.67. The first-order valence-corrected chi connectivity index (χ1v) is 5.99. The fourth-order valence-corrected chi connectivity index (χ4v) is 1.90. The molecule has 0 aliphatic heterocycles. The van der Waals surface area contributed by atoms with E-state index >= 15 is 0 Å². The van der Waals surface area contributed by atoms with Crippen LogP contribution in [0.25, 0.3) is 0 Å². The number of aliphatic hydroxyl groups excluding tert-OH is 1. The van der Waals surface area contributed by atoms with Crippen LogP contribution < -0.4 is 5.32 Å². The van der Waals surface area contributed by atoms with E-state index in [9.17, 15) is 10.2 Å². The second-order valence-corrected chi connectivity index (χ2v) is 4.36. The SMILES string of the molecule is OCC(Nc1ccccc1)c1ccc(O)c(Cl)c1. The molecule has 0 aliphatic rings. The molecule has 0 spiro atoms. The lowest BCUT2D eigenvalue weighted by Crippen LogP contribution is -2.14. The van der Waals surface area contributed by atoms with Crippen molar-refractivity contribution in [2.45, 2.75) is 6.04 Å². The maximum atomic E-state index is 9.43. The number of phenols is 1. The van der Waals surface area contributed by atoms with Gasteiger partial charge in [-0.2, -0.15) is 0 Å². The molecule has 94 valence electrons. The van der Waals surface area contributed by atoms with Crippen molar-refractivity contribution in [1.29, 1.82) is 0 Å². The average molecular weight is 264 g/mol. The summed E-state index contributed by atoms with van der Waals surface area (Å²) in [4.78, 5) is 0. The van der Waals surface area contributed by atoms with Crippen molar-refractivity contribution in [3.05, 3.63) is 59.1 Å². The van der Waals surface area contributed by atoms with Crippen LogP contribution in [0.3, 0.4) is 0 Å². The van der Waals surface area contributed by atoms with Crippen LogP contribution in [0.5, 0.6) is 5.75 Å². The first kappa shape index (κ1) is 12.7. The van der Waals surface area contributed by atoms with Crippen LogP contribution in [-0.2, 0) is 0 Å². The molecule has 0 saturated carbocycles. The molecule has 0 fully saturated rings. The number of phenolic OH excluding ortho intramolecular Hbond substituents is 1. The quantitative estimate of drug-likeness (QED) is 0.794. The molecule has 3 N–H and O–H groups in total. The molecule has 0 aromatic heterocycles. The van der Waals surface area contributed by atoms with Gasteiger partial charge in [-0.15, -0.1) is 0 Å². The standard InChI is InChI=1S/C14H14ClNO2/c15-12-8-10(6-7-14(12)18)13(9-17)16-11-4-2-1-3-5-11/h1-8,13,16-18H,9H2. The topological polar surface area (TPSA) is 52.5 Å². The third-order valence-corrected chi connectivity index (χ3v) is 2.97. The summed E-state index contributed by atoms with van der Waals surface area (Å²) in [5, 5.41) is 22.3. The van der Waals surface area contributed by atoms with Gasteiger partial charge in [0.05, 0.1) is 17.7 Å². The van der Waals surface area contributed by atoms with E-state index in [1.807, 2.05) is 30.3 Å². The molecule has 1 unspecified atom stereocenters.